The zero-order valence-electron chi connectivity index (χ0n) is 9.45. The van der Waals surface area contributed by atoms with Gasteiger partial charge in [0.1, 0.15) is 6.61 Å². The molecule has 0 aliphatic carbocycles. The Bertz CT molecular complexity index is 192. The van der Waals surface area contributed by atoms with Gasteiger partial charge in [-0.3, -0.25) is 4.79 Å². The fourth-order valence-electron chi connectivity index (χ4n) is 1.91. The minimum Gasteiger partial charge on any atom is -0.369 e. The van der Waals surface area contributed by atoms with Gasteiger partial charge in [-0.25, -0.2) is 0 Å². The number of hydrogen-bond donors (Lipinski definition) is 0. The lowest BCUT2D eigenvalue weighted by Gasteiger charge is -2.23. The van der Waals surface area contributed by atoms with Gasteiger partial charge < -0.3 is 9.64 Å². The molecule has 3 nitrogen and oxygen atoms in total. The quantitative estimate of drug-likeness (QED) is 0.691. The molecule has 0 spiro atoms. The van der Waals surface area contributed by atoms with E-state index >= 15 is 0 Å². The molecule has 0 saturated carbocycles. The monoisotopic (exact) mass is 199 g/mol. The molecule has 1 amide bonds. The van der Waals surface area contributed by atoms with Crippen LogP contribution in [0.4, 0.5) is 0 Å². The van der Waals surface area contributed by atoms with Crippen LogP contribution in [-0.2, 0) is 9.53 Å². The molecule has 0 radical (unpaired) electrons. The number of nitrogens with zero attached hydrogens (tertiary/aromatic N) is 1. The van der Waals surface area contributed by atoms with Gasteiger partial charge in [-0.2, -0.15) is 0 Å². The molecule has 82 valence electrons. The standard InChI is InChI=1S/C11H21NO2/c1-4-10-6-5-7-12(10)11(13)8-14-9(2)3/h9-10H,4-8H2,1-3H3. The number of rotatable bonds is 4. The maximum atomic E-state index is 11.7. The maximum Gasteiger partial charge on any atom is 0.248 e. The summed E-state index contributed by atoms with van der Waals surface area (Å²) in [6, 6.07) is 0.457. The maximum absolute atomic E-state index is 11.7. The molecule has 1 unspecified atom stereocenters. The summed E-state index contributed by atoms with van der Waals surface area (Å²) in [5, 5.41) is 0. The highest BCUT2D eigenvalue weighted by atomic mass is 16.5. The van der Waals surface area contributed by atoms with E-state index in [4.69, 9.17) is 4.74 Å². The van der Waals surface area contributed by atoms with Crippen LogP contribution in [0.25, 0.3) is 0 Å². The lowest BCUT2D eigenvalue weighted by molar-refractivity contribution is -0.138. The van der Waals surface area contributed by atoms with Crippen molar-refractivity contribution in [1.82, 2.24) is 4.90 Å². The number of likely N-dealkylation sites (tertiary alicyclic amines) is 1. The highest BCUT2D eigenvalue weighted by Crippen LogP contribution is 2.19. The van der Waals surface area contributed by atoms with E-state index in [-0.39, 0.29) is 18.6 Å². The molecule has 1 fully saturated rings. The van der Waals surface area contributed by atoms with Crippen LogP contribution in [0.2, 0.25) is 0 Å². The van der Waals surface area contributed by atoms with Crippen molar-refractivity contribution in [1.29, 1.82) is 0 Å². The van der Waals surface area contributed by atoms with E-state index in [2.05, 4.69) is 6.92 Å². The van der Waals surface area contributed by atoms with Crippen molar-refractivity contribution in [2.75, 3.05) is 13.2 Å². The van der Waals surface area contributed by atoms with Gasteiger partial charge in [0.25, 0.3) is 0 Å². The molecule has 1 aliphatic heterocycles. The average molecular weight is 199 g/mol. The summed E-state index contributed by atoms with van der Waals surface area (Å²) in [5.41, 5.74) is 0. The molecule has 3 heteroatoms. The van der Waals surface area contributed by atoms with Gasteiger partial charge >= 0.3 is 0 Å². The Kier molecular flexibility index (Phi) is 4.39. The summed E-state index contributed by atoms with van der Waals surface area (Å²) < 4.78 is 5.32. The predicted octanol–water partition coefficient (Wildman–Crippen LogP) is 1.81. The minimum atomic E-state index is 0.140. The molecular weight excluding hydrogens is 178 g/mol. The smallest absolute Gasteiger partial charge is 0.248 e. The molecule has 0 N–H and O–H groups in total. The summed E-state index contributed by atoms with van der Waals surface area (Å²) in [7, 11) is 0. The number of hydrogen-bond acceptors (Lipinski definition) is 2. The summed E-state index contributed by atoms with van der Waals surface area (Å²) in [6.07, 6.45) is 3.50. The van der Waals surface area contributed by atoms with Crippen molar-refractivity contribution in [3.63, 3.8) is 0 Å². The van der Waals surface area contributed by atoms with E-state index in [1.165, 1.54) is 0 Å². The molecule has 1 saturated heterocycles. The fourth-order valence-corrected chi connectivity index (χ4v) is 1.91. The van der Waals surface area contributed by atoms with Crippen molar-refractivity contribution in [3.05, 3.63) is 0 Å². The first-order chi connectivity index (χ1) is 6.65. The van der Waals surface area contributed by atoms with Crippen LogP contribution in [-0.4, -0.2) is 36.1 Å². The van der Waals surface area contributed by atoms with Crippen LogP contribution in [0.15, 0.2) is 0 Å². The van der Waals surface area contributed by atoms with Gasteiger partial charge in [0.15, 0.2) is 0 Å². The van der Waals surface area contributed by atoms with E-state index in [1.807, 2.05) is 18.7 Å². The number of ether oxygens (including phenoxy) is 1. The Hall–Kier alpha value is -0.570. The van der Waals surface area contributed by atoms with Crippen LogP contribution >= 0.6 is 0 Å². The van der Waals surface area contributed by atoms with Crippen LogP contribution in [0, 0.1) is 0 Å². The molecule has 14 heavy (non-hydrogen) atoms. The normalized spacial score (nSPS) is 22.0. The number of carbonyl (C=O) groups excluding carboxylic acids is 1. The van der Waals surface area contributed by atoms with Gasteiger partial charge in [0.05, 0.1) is 6.10 Å². The van der Waals surface area contributed by atoms with Crippen molar-refractivity contribution in [2.24, 2.45) is 0 Å². The summed E-state index contributed by atoms with van der Waals surface area (Å²) in [5.74, 6) is 0.156. The number of carbonyl (C=O) groups is 1. The summed E-state index contributed by atoms with van der Waals surface area (Å²) in [6.45, 7) is 7.20. The second kappa shape index (κ2) is 5.35. The first-order valence-electron chi connectivity index (χ1n) is 5.56. The molecule has 0 aromatic rings. The fraction of sp³-hybridized carbons (Fsp3) is 0.909. The number of amides is 1. The van der Waals surface area contributed by atoms with Crippen LogP contribution in [0.3, 0.4) is 0 Å². The first-order valence-corrected chi connectivity index (χ1v) is 5.56. The van der Waals surface area contributed by atoms with Gasteiger partial charge in [-0.15, -0.1) is 0 Å². The van der Waals surface area contributed by atoms with Crippen LogP contribution in [0.5, 0.6) is 0 Å². The van der Waals surface area contributed by atoms with Crippen LogP contribution in [0.1, 0.15) is 40.0 Å². The first kappa shape index (κ1) is 11.5. The average Bonchev–Trinajstić information content (AvgIpc) is 2.61. The summed E-state index contributed by atoms with van der Waals surface area (Å²) in [4.78, 5) is 13.7. The SMILES string of the molecule is CCC1CCCN1C(=O)COC(C)C. The molecule has 1 atom stereocenters. The third-order valence-electron chi connectivity index (χ3n) is 2.71. The Morgan fingerprint density at radius 1 is 1.57 bits per heavy atom. The molecule has 0 aromatic heterocycles. The zero-order chi connectivity index (χ0) is 10.6. The van der Waals surface area contributed by atoms with Gasteiger partial charge in [-0.1, -0.05) is 6.92 Å². The lowest BCUT2D eigenvalue weighted by Crippen LogP contribution is -2.38. The van der Waals surface area contributed by atoms with E-state index in [1.54, 1.807) is 0 Å². The molecule has 1 aliphatic rings. The Morgan fingerprint density at radius 2 is 2.29 bits per heavy atom. The highest BCUT2D eigenvalue weighted by Gasteiger charge is 2.26. The molecular formula is C11H21NO2. The van der Waals surface area contributed by atoms with Gasteiger partial charge in [-0.05, 0) is 33.1 Å². The van der Waals surface area contributed by atoms with Crippen LogP contribution < -0.4 is 0 Å². The molecule has 1 rings (SSSR count). The minimum absolute atomic E-state index is 0.140. The largest absolute Gasteiger partial charge is 0.369 e. The van der Waals surface area contributed by atoms with Crippen molar-refractivity contribution in [3.8, 4) is 0 Å². The zero-order valence-corrected chi connectivity index (χ0v) is 9.45. The molecule has 1 heterocycles. The van der Waals surface area contributed by atoms with E-state index in [0.29, 0.717) is 6.04 Å². The van der Waals surface area contributed by atoms with E-state index in [0.717, 1.165) is 25.8 Å². The predicted molar refractivity (Wildman–Crippen MR) is 56.1 cm³/mol. The Labute approximate surface area is 86.4 Å². The van der Waals surface area contributed by atoms with E-state index < -0.39 is 0 Å². The lowest BCUT2D eigenvalue weighted by atomic mass is 10.2. The van der Waals surface area contributed by atoms with Gasteiger partial charge in [0.2, 0.25) is 5.91 Å². The third-order valence-corrected chi connectivity index (χ3v) is 2.71. The topological polar surface area (TPSA) is 29.5 Å². The second-order valence-corrected chi connectivity index (χ2v) is 4.15. The van der Waals surface area contributed by atoms with Crippen molar-refractivity contribution in [2.45, 2.75) is 52.2 Å². The van der Waals surface area contributed by atoms with E-state index in [9.17, 15) is 4.79 Å². The Balaban J connectivity index is 2.35. The van der Waals surface area contributed by atoms with Crippen molar-refractivity contribution < 1.29 is 9.53 Å². The summed E-state index contributed by atoms with van der Waals surface area (Å²) >= 11 is 0. The second-order valence-electron chi connectivity index (χ2n) is 4.15. The Morgan fingerprint density at radius 3 is 2.86 bits per heavy atom. The van der Waals surface area contributed by atoms with Crippen molar-refractivity contribution >= 4 is 5.91 Å². The van der Waals surface area contributed by atoms with Gasteiger partial charge in [0, 0.05) is 12.6 Å². The molecule has 0 bridgehead atoms. The molecule has 0 aromatic carbocycles. The highest BCUT2D eigenvalue weighted by molar-refractivity contribution is 5.78. The third kappa shape index (κ3) is 2.98.